The molecule has 2 fully saturated rings. The van der Waals surface area contributed by atoms with Crippen molar-refractivity contribution in [3.63, 3.8) is 0 Å². The lowest BCUT2D eigenvalue weighted by Crippen LogP contribution is -2.42. The highest BCUT2D eigenvalue weighted by Crippen LogP contribution is 2.35. The number of rotatable bonds is 3. The van der Waals surface area contributed by atoms with Crippen molar-refractivity contribution >= 4 is 0 Å². The molecule has 1 N–H and O–H groups in total. The normalized spacial score (nSPS) is 32.8. The Morgan fingerprint density at radius 3 is 2.79 bits per heavy atom. The van der Waals surface area contributed by atoms with E-state index in [9.17, 15) is 5.11 Å². The van der Waals surface area contributed by atoms with Crippen LogP contribution >= 0.6 is 0 Å². The van der Waals surface area contributed by atoms with E-state index in [0.29, 0.717) is 12.0 Å². The van der Waals surface area contributed by atoms with Crippen LogP contribution in [-0.4, -0.2) is 48.9 Å². The van der Waals surface area contributed by atoms with Crippen LogP contribution in [0.4, 0.5) is 0 Å². The van der Waals surface area contributed by atoms with E-state index >= 15 is 0 Å². The number of tetrazole rings is 1. The second-order valence-corrected chi connectivity index (χ2v) is 5.91. The number of aryl methyl sites for hydroxylation is 1. The lowest BCUT2D eigenvalue weighted by atomic mass is 9.80. The van der Waals surface area contributed by atoms with Gasteiger partial charge in [-0.15, -0.1) is 5.10 Å². The maximum atomic E-state index is 10.3. The molecular formula is C13H23N5O. The quantitative estimate of drug-likeness (QED) is 0.872. The summed E-state index contributed by atoms with van der Waals surface area (Å²) in [4.78, 5) is 2.46. The van der Waals surface area contributed by atoms with Gasteiger partial charge in [-0.2, -0.15) is 0 Å². The standard InChI is InChI=1S/C13H23N5O/c1-17-13(14-15-16-17)9-18-8-4-6-11(18)10-5-2-3-7-12(10)19/h10-12,19H,2-9H2,1H3. The highest BCUT2D eigenvalue weighted by atomic mass is 16.3. The smallest absolute Gasteiger partial charge is 0.164 e. The van der Waals surface area contributed by atoms with Gasteiger partial charge in [0.15, 0.2) is 5.82 Å². The molecule has 6 heteroatoms. The molecule has 1 aliphatic heterocycles. The van der Waals surface area contributed by atoms with Crippen LogP contribution in [0.1, 0.15) is 44.3 Å². The van der Waals surface area contributed by atoms with Gasteiger partial charge in [0.2, 0.25) is 0 Å². The minimum Gasteiger partial charge on any atom is -0.393 e. The van der Waals surface area contributed by atoms with E-state index in [2.05, 4.69) is 20.4 Å². The molecule has 2 aliphatic rings. The summed E-state index contributed by atoms with van der Waals surface area (Å²) in [6.07, 6.45) is 6.89. The highest BCUT2D eigenvalue weighted by Gasteiger charge is 2.37. The number of nitrogens with zero attached hydrogens (tertiary/aromatic N) is 5. The largest absolute Gasteiger partial charge is 0.393 e. The number of aromatic nitrogens is 4. The first-order valence-corrected chi connectivity index (χ1v) is 7.39. The van der Waals surface area contributed by atoms with Gasteiger partial charge in [-0.1, -0.05) is 12.8 Å². The highest BCUT2D eigenvalue weighted by molar-refractivity contribution is 4.93. The summed E-state index contributed by atoms with van der Waals surface area (Å²) in [6.45, 7) is 1.90. The molecule has 0 spiro atoms. The van der Waals surface area contributed by atoms with Crippen molar-refractivity contribution in [3.8, 4) is 0 Å². The minimum absolute atomic E-state index is 0.114. The lowest BCUT2D eigenvalue weighted by molar-refractivity contribution is 0.0193. The van der Waals surface area contributed by atoms with Gasteiger partial charge in [-0.05, 0) is 42.7 Å². The first kappa shape index (κ1) is 13.0. The monoisotopic (exact) mass is 265 g/mol. The Kier molecular flexibility index (Phi) is 3.79. The fraction of sp³-hybridized carbons (Fsp3) is 0.923. The third-order valence-corrected chi connectivity index (χ3v) is 4.74. The molecule has 1 saturated heterocycles. The van der Waals surface area contributed by atoms with Gasteiger partial charge in [0, 0.05) is 19.0 Å². The fourth-order valence-corrected chi connectivity index (χ4v) is 3.69. The second-order valence-electron chi connectivity index (χ2n) is 5.91. The van der Waals surface area contributed by atoms with E-state index in [1.54, 1.807) is 4.68 Å². The van der Waals surface area contributed by atoms with Crippen molar-refractivity contribution in [3.05, 3.63) is 5.82 Å². The van der Waals surface area contributed by atoms with Crippen LogP contribution in [-0.2, 0) is 13.6 Å². The van der Waals surface area contributed by atoms with Gasteiger partial charge in [-0.25, -0.2) is 4.68 Å². The average molecular weight is 265 g/mol. The average Bonchev–Trinajstić information content (AvgIpc) is 3.01. The van der Waals surface area contributed by atoms with E-state index in [1.165, 1.54) is 32.1 Å². The molecule has 0 amide bonds. The van der Waals surface area contributed by atoms with E-state index in [4.69, 9.17) is 0 Å². The van der Waals surface area contributed by atoms with Crippen LogP contribution in [0.5, 0.6) is 0 Å². The molecule has 3 unspecified atom stereocenters. The zero-order valence-corrected chi connectivity index (χ0v) is 11.6. The lowest BCUT2D eigenvalue weighted by Gasteiger charge is -2.36. The molecule has 1 aliphatic carbocycles. The van der Waals surface area contributed by atoms with Crippen LogP contribution in [0.25, 0.3) is 0 Å². The summed E-state index contributed by atoms with van der Waals surface area (Å²) in [6, 6.07) is 0.506. The Labute approximate surface area is 113 Å². The van der Waals surface area contributed by atoms with Crippen molar-refractivity contribution in [2.24, 2.45) is 13.0 Å². The number of aliphatic hydroxyl groups excluding tert-OH is 1. The number of likely N-dealkylation sites (tertiary alicyclic amines) is 1. The Bertz CT molecular complexity index is 421. The minimum atomic E-state index is -0.114. The van der Waals surface area contributed by atoms with Gasteiger partial charge in [0.05, 0.1) is 12.6 Å². The second kappa shape index (κ2) is 5.54. The summed E-state index contributed by atoms with van der Waals surface area (Å²) < 4.78 is 1.74. The Balaban J connectivity index is 1.69. The van der Waals surface area contributed by atoms with Crippen LogP contribution in [0.15, 0.2) is 0 Å². The summed E-state index contributed by atoms with van der Waals surface area (Å²) >= 11 is 0. The predicted octanol–water partition coefficient (Wildman–Crippen LogP) is 0.726. The van der Waals surface area contributed by atoms with E-state index in [0.717, 1.165) is 25.3 Å². The SMILES string of the molecule is Cn1nnnc1CN1CCCC1C1CCCCC1O. The molecule has 19 heavy (non-hydrogen) atoms. The van der Waals surface area contributed by atoms with E-state index in [-0.39, 0.29) is 6.10 Å². The third kappa shape index (κ3) is 2.65. The Morgan fingerprint density at radius 2 is 2.05 bits per heavy atom. The van der Waals surface area contributed by atoms with Crippen molar-refractivity contribution in [1.82, 2.24) is 25.1 Å². The summed E-state index contributed by atoms with van der Waals surface area (Å²) in [5.74, 6) is 1.36. The Hall–Kier alpha value is -1.01. The molecule has 1 aromatic rings. The van der Waals surface area contributed by atoms with Gasteiger partial charge in [0.25, 0.3) is 0 Å². The zero-order valence-electron chi connectivity index (χ0n) is 11.6. The van der Waals surface area contributed by atoms with E-state index in [1.807, 2.05) is 7.05 Å². The van der Waals surface area contributed by atoms with Crippen molar-refractivity contribution in [2.45, 2.75) is 57.2 Å². The molecule has 3 atom stereocenters. The van der Waals surface area contributed by atoms with Crippen molar-refractivity contribution < 1.29 is 5.11 Å². The Morgan fingerprint density at radius 1 is 1.21 bits per heavy atom. The van der Waals surface area contributed by atoms with Crippen LogP contribution in [0, 0.1) is 5.92 Å². The number of aliphatic hydroxyl groups is 1. The zero-order chi connectivity index (χ0) is 13.2. The molecule has 1 saturated carbocycles. The molecule has 1 aromatic heterocycles. The van der Waals surface area contributed by atoms with Crippen molar-refractivity contribution in [2.75, 3.05) is 6.54 Å². The van der Waals surface area contributed by atoms with Crippen molar-refractivity contribution in [1.29, 1.82) is 0 Å². The van der Waals surface area contributed by atoms with Gasteiger partial charge < -0.3 is 5.11 Å². The molecule has 0 radical (unpaired) electrons. The van der Waals surface area contributed by atoms with Crippen LogP contribution < -0.4 is 0 Å². The van der Waals surface area contributed by atoms with Crippen LogP contribution in [0.2, 0.25) is 0 Å². The number of hydrogen-bond donors (Lipinski definition) is 1. The maximum Gasteiger partial charge on any atom is 0.164 e. The molecule has 3 rings (SSSR count). The number of hydrogen-bond acceptors (Lipinski definition) is 5. The topological polar surface area (TPSA) is 67.1 Å². The summed E-state index contributed by atoms with van der Waals surface area (Å²) in [5, 5.41) is 21.9. The van der Waals surface area contributed by atoms with Gasteiger partial charge in [-0.3, -0.25) is 4.90 Å². The summed E-state index contributed by atoms with van der Waals surface area (Å²) in [5.41, 5.74) is 0. The predicted molar refractivity (Wildman–Crippen MR) is 70.2 cm³/mol. The summed E-state index contributed by atoms with van der Waals surface area (Å²) in [7, 11) is 1.88. The fourth-order valence-electron chi connectivity index (χ4n) is 3.69. The molecular weight excluding hydrogens is 242 g/mol. The third-order valence-electron chi connectivity index (χ3n) is 4.74. The van der Waals surface area contributed by atoms with Gasteiger partial charge >= 0.3 is 0 Å². The molecule has 0 aromatic carbocycles. The molecule has 0 bridgehead atoms. The van der Waals surface area contributed by atoms with Crippen LogP contribution in [0.3, 0.4) is 0 Å². The molecule has 6 nitrogen and oxygen atoms in total. The maximum absolute atomic E-state index is 10.3. The molecule has 2 heterocycles. The van der Waals surface area contributed by atoms with Gasteiger partial charge in [0.1, 0.15) is 0 Å². The molecule has 106 valence electrons. The first-order valence-electron chi connectivity index (χ1n) is 7.39. The first-order chi connectivity index (χ1) is 9.25. The van der Waals surface area contributed by atoms with E-state index < -0.39 is 0 Å².